The van der Waals surface area contributed by atoms with Crippen LogP contribution >= 0.6 is 0 Å². The summed E-state index contributed by atoms with van der Waals surface area (Å²) >= 11 is 0. The molecule has 0 amide bonds. The van der Waals surface area contributed by atoms with Crippen molar-refractivity contribution >= 4 is 11.5 Å². The summed E-state index contributed by atoms with van der Waals surface area (Å²) in [6.45, 7) is 2.86. The van der Waals surface area contributed by atoms with Gasteiger partial charge in [-0.3, -0.25) is 4.98 Å². The van der Waals surface area contributed by atoms with Crippen LogP contribution < -0.4 is 4.90 Å². The molecule has 2 heterocycles. The molecule has 0 atom stereocenters. The molecule has 2 aromatic heterocycles. The molecule has 21 heavy (non-hydrogen) atoms. The Balaban J connectivity index is 1.97. The highest BCUT2D eigenvalue weighted by atomic mass is 15.2. The minimum atomic E-state index is 0.766. The Hall–Kier alpha value is -2.68. The number of nitrogens with zero attached hydrogens (tertiary/aromatic N) is 3. The zero-order valence-corrected chi connectivity index (χ0v) is 12.0. The van der Waals surface area contributed by atoms with Crippen molar-refractivity contribution in [1.29, 1.82) is 0 Å². The first-order valence-corrected chi connectivity index (χ1v) is 6.97. The fourth-order valence-corrected chi connectivity index (χ4v) is 2.21. The lowest BCUT2D eigenvalue weighted by molar-refractivity contribution is 0.943. The summed E-state index contributed by atoms with van der Waals surface area (Å²) in [7, 11) is 0. The van der Waals surface area contributed by atoms with E-state index in [0.717, 1.165) is 18.1 Å². The fourth-order valence-electron chi connectivity index (χ4n) is 2.21. The molecule has 3 aromatic rings. The van der Waals surface area contributed by atoms with Gasteiger partial charge in [-0.2, -0.15) is 0 Å². The molecule has 0 spiro atoms. The topological polar surface area (TPSA) is 29.0 Å². The van der Waals surface area contributed by atoms with Crippen molar-refractivity contribution in [1.82, 2.24) is 9.97 Å². The minimum absolute atomic E-state index is 0.766. The van der Waals surface area contributed by atoms with E-state index in [4.69, 9.17) is 0 Å². The van der Waals surface area contributed by atoms with Gasteiger partial charge < -0.3 is 4.90 Å². The lowest BCUT2D eigenvalue weighted by Crippen LogP contribution is -2.17. The van der Waals surface area contributed by atoms with Gasteiger partial charge in [-0.1, -0.05) is 23.8 Å². The van der Waals surface area contributed by atoms with E-state index in [0.29, 0.717) is 0 Å². The van der Waals surface area contributed by atoms with Crippen molar-refractivity contribution in [2.24, 2.45) is 0 Å². The van der Waals surface area contributed by atoms with Crippen molar-refractivity contribution in [3.63, 3.8) is 0 Å². The standard InChI is InChI=1S/C18H17N3/c1-15-5-7-17(8-6-15)21(18-4-2-3-11-20-18)14-16-9-12-19-13-10-16/h2-13H,14H2,1H3. The van der Waals surface area contributed by atoms with Crippen molar-refractivity contribution in [2.45, 2.75) is 13.5 Å². The second-order valence-corrected chi connectivity index (χ2v) is 4.97. The average molecular weight is 275 g/mol. The van der Waals surface area contributed by atoms with E-state index in [2.05, 4.69) is 46.1 Å². The largest absolute Gasteiger partial charge is 0.322 e. The summed E-state index contributed by atoms with van der Waals surface area (Å²) < 4.78 is 0. The molecule has 3 heteroatoms. The summed E-state index contributed by atoms with van der Waals surface area (Å²) in [5.41, 5.74) is 3.59. The van der Waals surface area contributed by atoms with Crippen LogP contribution in [0.4, 0.5) is 11.5 Å². The molecule has 0 radical (unpaired) electrons. The van der Waals surface area contributed by atoms with Crippen molar-refractivity contribution in [2.75, 3.05) is 4.90 Å². The van der Waals surface area contributed by atoms with Gasteiger partial charge in [0, 0.05) is 30.8 Å². The lowest BCUT2D eigenvalue weighted by Gasteiger charge is -2.24. The number of anilines is 2. The Morgan fingerprint density at radius 3 is 2.29 bits per heavy atom. The Bertz CT molecular complexity index is 679. The van der Waals surface area contributed by atoms with Crippen LogP contribution in [0.1, 0.15) is 11.1 Å². The van der Waals surface area contributed by atoms with Crippen LogP contribution in [0.25, 0.3) is 0 Å². The molecule has 1 aromatic carbocycles. The van der Waals surface area contributed by atoms with Crippen molar-refractivity contribution in [3.8, 4) is 0 Å². The highest BCUT2D eigenvalue weighted by Gasteiger charge is 2.10. The molecule has 0 saturated heterocycles. The van der Waals surface area contributed by atoms with Gasteiger partial charge in [-0.05, 0) is 48.9 Å². The third-order valence-electron chi connectivity index (χ3n) is 3.36. The molecular formula is C18H17N3. The van der Waals surface area contributed by atoms with E-state index in [-0.39, 0.29) is 0 Å². The Morgan fingerprint density at radius 1 is 0.857 bits per heavy atom. The van der Waals surface area contributed by atoms with Gasteiger partial charge in [0.05, 0.1) is 0 Å². The van der Waals surface area contributed by atoms with Gasteiger partial charge in [0.15, 0.2) is 0 Å². The third-order valence-corrected chi connectivity index (χ3v) is 3.36. The second kappa shape index (κ2) is 6.18. The summed E-state index contributed by atoms with van der Waals surface area (Å²) in [6, 6.07) is 18.5. The number of rotatable bonds is 4. The van der Waals surface area contributed by atoms with Crippen LogP contribution in [-0.4, -0.2) is 9.97 Å². The molecular weight excluding hydrogens is 258 g/mol. The van der Waals surface area contributed by atoms with Gasteiger partial charge >= 0.3 is 0 Å². The molecule has 0 fully saturated rings. The number of aromatic nitrogens is 2. The maximum Gasteiger partial charge on any atom is 0.133 e. The number of hydrogen-bond acceptors (Lipinski definition) is 3. The average Bonchev–Trinajstić information content (AvgIpc) is 2.55. The monoisotopic (exact) mass is 275 g/mol. The van der Waals surface area contributed by atoms with Gasteiger partial charge in [0.1, 0.15) is 5.82 Å². The van der Waals surface area contributed by atoms with Gasteiger partial charge in [-0.15, -0.1) is 0 Å². The smallest absolute Gasteiger partial charge is 0.133 e. The SMILES string of the molecule is Cc1ccc(N(Cc2ccncc2)c2ccccn2)cc1. The molecule has 0 bridgehead atoms. The maximum absolute atomic E-state index is 4.48. The van der Waals surface area contributed by atoms with Gasteiger partial charge in [0.25, 0.3) is 0 Å². The van der Waals surface area contributed by atoms with E-state index in [1.54, 1.807) is 0 Å². The van der Waals surface area contributed by atoms with E-state index >= 15 is 0 Å². The zero-order valence-electron chi connectivity index (χ0n) is 12.0. The van der Waals surface area contributed by atoms with Gasteiger partial charge in [-0.25, -0.2) is 4.98 Å². The first kappa shape index (κ1) is 13.3. The highest BCUT2D eigenvalue weighted by molar-refractivity contribution is 5.60. The first-order valence-electron chi connectivity index (χ1n) is 6.97. The van der Waals surface area contributed by atoms with Crippen LogP contribution in [0, 0.1) is 6.92 Å². The molecule has 0 aliphatic rings. The Kier molecular flexibility index (Phi) is 3.92. The molecule has 0 unspecified atom stereocenters. The summed E-state index contributed by atoms with van der Waals surface area (Å²) in [5, 5.41) is 0. The van der Waals surface area contributed by atoms with Crippen LogP contribution in [0.5, 0.6) is 0 Å². The first-order chi connectivity index (χ1) is 10.3. The van der Waals surface area contributed by atoms with Crippen LogP contribution in [0.2, 0.25) is 0 Å². The summed E-state index contributed by atoms with van der Waals surface area (Å²) in [6.07, 6.45) is 5.46. The van der Waals surface area contributed by atoms with Crippen molar-refractivity contribution in [3.05, 3.63) is 84.3 Å². The highest BCUT2D eigenvalue weighted by Crippen LogP contribution is 2.25. The fraction of sp³-hybridized carbons (Fsp3) is 0.111. The van der Waals surface area contributed by atoms with Gasteiger partial charge in [0.2, 0.25) is 0 Å². The number of aryl methyl sites for hydroxylation is 1. The Labute approximate surface area is 124 Å². The molecule has 0 aliphatic carbocycles. The number of pyridine rings is 2. The minimum Gasteiger partial charge on any atom is -0.322 e. The van der Waals surface area contributed by atoms with Crippen LogP contribution in [-0.2, 0) is 6.54 Å². The van der Waals surface area contributed by atoms with E-state index in [1.807, 2.05) is 48.9 Å². The molecule has 3 rings (SSSR count). The summed E-state index contributed by atoms with van der Waals surface area (Å²) in [4.78, 5) is 10.8. The van der Waals surface area contributed by atoms with E-state index < -0.39 is 0 Å². The van der Waals surface area contributed by atoms with Crippen LogP contribution in [0.3, 0.4) is 0 Å². The predicted molar refractivity (Wildman–Crippen MR) is 85.5 cm³/mol. The molecule has 104 valence electrons. The zero-order chi connectivity index (χ0) is 14.5. The normalized spacial score (nSPS) is 10.3. The van der Waals surface area contributed by atoms with E-state index in [9.17, 15) is 0 Å². The molecule has 0 N–H and O–H groups in total. The third kappa shape index (κ3) is 3.26. The maximum atomic E-state index is 4.48. The molecule has 0 aliphatic heterocycles. The number of hydrogen-bond donors (Lipinski definition) is 0. The van der Waals surface area contributed by atoms with Crippen molar-refractivity contribution < 1.29 is 0 Å². The quantitative estimate of drug-likeness (QED) is 0.717. The van der Waals surface area contributed by atoms with E-state index in [1.165, 1.54) is 11.1 Å². The Morgan fingerprint density at radius 2 is 1.62 bits per heavy atom. The predicted octanol–water partition coefficient (Wildman–Crippen LogP) is 4.12. The second-order valence-electron chi connectivity index (χ2n) is 4.97. The molecule has 0 saturated carbocycles. The lowest BCUT2D eigenvalue weighted by atomic mass is 10.2. The number of benzene rings is 1. The van der Waals surface area contributed by atoms with Crippen LogP contribution in [0.15, 0.2) is 73.2 Å². The molecule has 3 nitrogen and oxygen atoms in total. The summed E-state index contributed by atoms with van der Waals surface area (Å²) in [5.74, 6) is 0.943.